The van der Waals surface area contributed by atoms with Crippen LogP contribution in [0.1, 0.15) is 33.7 Å². The van der Waals surface area contributed by atoms with Gasteiger partial charge in [-0.1, -0.05) is 54.5 Å². The molecule has 1 N–H and O–H groups in total. The van der Waals surface area contributed by atoms with Gasteiger partial charge in [0.15, 0.2) is 0 Å². The first kappa shape index (κ1) is 23.5. The van der Waals surface area contributed by atoms with Gasteiger partial charge < -0.3 is 19.6 Å². The lowest BCUT2D eigenvalue weighted by molar-refractivity contribution is -0.136. The molecule has 1 aliphatic heterocycles. The number of ether oxygens (including phenoxy) is 1. The summed E-state index contributed by atoms with van der Waals surface area (Å²) in [5.41, 5.74) is 8.00. The number of carboxylic acid groups (broad SMARTS) is 1. The Balaban J connectivity index is 1.24. The first-order chi connectivity index (χ1) is 17.5. The van der Waals surface area contributed by atoms with Gasteiger partial charge in [0.1, 0.15) is 6.61 Å². The van der Waals surface area contributed by atoms with Gasteiger partial charge in [-0.25, -0.2) is 4.79 Å². The number of nitrogens with zero attached hydrogens (tertiary/aromatic N) is 2. The maximum Gasteiger partial charge on any atom is 0.409 e. The number of benzene rings is 3. The summed E-state index contributed by atoms with van der Waals surface area (Å²) in [5.74, 6) is 1.77. The van der Waals surface area contributed by atoms with E-state index >= 15 is 0 Å². The number of carbonyl (C=O) groups excluding carboxylic acids is 1. The van der Waals surface area contributed by atoms with E-state index in [1.807, 2.05) is 37.3 Å². The van der Waals surface area contributed by atoms with E-state index in [0.717, 1.165) is 11.3 Å². The van der Waals surface area contributed by atoms with Gasteiger partial charge in [0.2, 0.25) is 0 Å². The molecule has 0 spiro atoms. The van der Waals surface area contributed by atoms with Gasteiger partial charge >= 0.3 is 12.1 Å². The van der Waals surface area contributed by atoms with Gasteiger partial charge in [0.25, 0.3) is 0 Å². The Kier molecular flexibility index (Phi) is 6.39. The number of aliphatic carboxylic acids is 1. The predicted octanol–water partition coefficient (Wildman–Crippen LogP) is 4.67. The van der Waals surface area contributed by atoms with Gasteiger partial charge in [-0.2, -0.15) is 0 Å². The van der Waals surface area contributed by atoms with Gasteiger partial charge in [-0.15, -0.1) is 6.42 Å². The summed E-state index contributed by atoms with van der Waals surface area (Å²) in [4.78, 5) is 28.2. The van der Waals surface area contributed by atoms with Gasteiger partial charge in [-0.3, -0.25) is 4.79 Å². The third kappa shape index (κ3) is 4.40. The normalized spacial score (nSPS) is 14.7. The van der Waals surface area contributed by atoms with Crippen molar-refractivity contribution in [2.75, 3.05) is 37.7 Å². The Morgan fingerprint density at radius 3 is 2.19 bits per heavy atom. The molecule has 1 fully saturated rings. The van der Waals surface area contributed by atoms with Crippen molar-refractivity contribution in [1.29, 1.82) is 0 Å². The maximum atomic E-state index is 13.0. The Bertz CT molecular complexity index is 1320. The molecule has 0 radical (unpaired) electrons. The number of carboxylic acids is 1. The fourth-order valence-corrected chi connectivity index (χ4v) is 5.33. The third-order valence-corrected chi connectivity index (χ3v) is 7.21. The van der Waals surface area contributed by atoms with Crippen molar-refractivity contribution in [2.45, 2.75) is 19.3 Å². The standard InChI is InChI=1S/C30H28N2O4/c1-3-21-16-22(18-29(33)34)20(2)28(17-21)31-12-14-32(15-13-31)30(35)36-19-27-25-10-6-4-8-23(25)24-9-5-7-11-26(24)27/h1,4-11,16-17,27H,12-15,18-19H2,2H3,(H,33,34). The zero-order valence-electron chi connectivity index (χ0n) is 20.2. The lowest BCUT2D eigenvalue weighted by atomic mass is 9.98. The number of terminal acetylenes is 1. The van der Waals surface area contributed by atoms with Crippen LogP contribution in [0.2, 0.25) is 0 Å². The number of hydrogen-bond donors (Lipinski definition) is 1. The molecule has 6 nitrogen and oxygen atoms in total. The Hall–Kier alpha value is -4.24. The fraction of sp³-hybridized carbons (Fsp3) is 0.267. The molecule has 0 atom stereocenters. The topological polar surface area (TPSA) is 70.1 Å². The summed E-state index contributed by atoms with van der Waals surface area (Å²) in [6.07, 6.45) is 5.24. The lowest BCUT2D eigenvalue weighted by Gasteiger charge is -2.36. The Labute approximate surface area is 211 Å². The molecule has 0 unspecified atom stereocenters. The quantitative estimate of drug-likeness (QED) is 0.538. The highest BCUT2D eigenvalue weighted by atomic mass is 16.6. The summed E-state index contributed by atoms with van der Waals surface area (Å²) in [6.45, 7) is 4.49. The van der Waals surface area contributed by atoms with Crippen molar-refractivity contribution in [3.63, 3.8) is 0 Å². The van der Waals surface area contributed by atoms with Gasteiger partial charge in [-0.05, 0) is 52.4 Å². The van der Waals surface area contributed by atoms with Crippen LogP contribution in [0, 0.1) is 19.3 Å². The molecule has 0 bridgehead atoms. The largest absolute Gasteiger partial charge is 0.481 e. The summed E-state index contributed by atoms with van der Waals surface area (Å²) in [5, 5.41) is 9.27. The monoisotopic (exact) mass is 480 g/mol. The number of rotatable bonds is 5. The van der Waals surface area contributed by atoms with E-state index in [0.29, 0.717) is 43.9 Å². The van der Waals surface area contributed by atoms with Crippen molar-refractivity contribution in [3.8, 4) is 23.5 Å². The van der Waals surface area contributed by atoms with Crippen LogP contribution in [-0.2, 0) is 16.0 Å². The number of amides is 1. The number of carbonyl (C=O) groups is 2. The third-order valence-electron chi connectivity index (χ3n) is 7.21. The summed E-state index contributed by atoms with van der Waals surface area (Å²) in [6, 6.07) is 20.3. The number of fused-ring (bicyclic) bond motifs is 3. The van der Waals surface area contributed by atoms with Crippen LogP contribution in [0.4, 0.5) is 10.5 Å². The van der Waals surface area contributed by atoms with Crippen molar-refractivity contribution >= 4 is 17.7 Å². The SMILES string of the molecule is C#Cc1cc(CC(=O)O)c(C)c(N2CCN(C(=O)OCC3c4ccccc4-c4ccccc43)CC2)c1. The Morgan fingerprint density at radius 1 is 1.00 bits per heavy atom. The highest BCUT2D eigenvalue weighted by Crippen LogP contribution is 2.44. The number of piperazine rings is 1. The number of anilines is 1. The van der Waals surface area contributed by atoms with Crippen LogP contribution in [0.5, 0.6) is 0 Å². The van der Waals surface area contributed by atoms with Crippen LogP contribution in [0.15, 0.2) is 60.7 Å². The van der Waals surface area contributed by atoms with Crippen LogP contribution in [0.25, 0.3) is 11.1 Å². The molecule has 6 heteroatoms. The van der Waals surface area contributed by atoms with Gasteiger partial charge in [0, 0.05) is 43.3 Å². The van der Waals surface area contributed by atoms with E-state index in [2.05, 4.69) is 35.1 Å². The molecule has 1 heterocycles. The zero-order chi connectivity index (χ0) is 25.2. The van der Waals surface area contributed by atoms with Crippen LogP contribution >= 0.6 is 0 Å². The molecule has 1 amide bonds. The number of hydrogen-bond acceptors (Lipinski definition) is 4. The van der Waals surface area contributed by atoms with Crippen molar-refractivity contribution in [1.82, 2.24) is 4.90 Å². The summed E-state index contributed by atoms with van der Waals surface area (Å²) >= 11 is 0. The molecule has 2 aliphatic rings. The molecular weight excluding hydrogens is 452 g/mol. The van der Waals surface area contributed by atoms with Crippen molar-refractivity contribution < 1.29 is 19.4 Å². The average Bonchev–Trinajstić information content (AvgIpc) is 3.22. The highest BCUT2D eigenvalue weighted by molar-refractivity contribution is 5.79. The van der Waals surface area contributed by atoms with Crippen LogP contribution in [0.3, 0.4) is 0 Å². The van der Waals surface area contributed by atoms with E-state index in [1.165, 1.54) is 22.3 Å². The predicted molar refractivity (Wildman–Crippen MR) is 139 cm³/mol. The summed E-state index contributed by atoms with van der Waals surface area (Å²) in [7, 11) is 0. The molecule has 182 valence electrons. The lowest BCUT2D eigenvalue weighted by Crippen LogP contribution is -2.49. The second-order valence-electron chi connectivity index (χ2n) is 9.27. The maximum absolute atomic E-state index is 13.0. The fourth-order valence-electron chi connectivity index (χ4n) is 5.33. The molecule has 1 saturated heterocycles. The Morgan fingerprint density at radius 2 is 1.61 bits per heavy atom. The highest BCUT2D eigenvalue weighted by Gasteiger charge is 2.30. The van der Waals surface area contributed by atoms with E-state index in [4.69, 9.17) is 11.2 Å². The molecule has 0 saturated carbocycles. The summed E-state index contributed by atoms with van der Waals surface area (Å²) < 4.78 is 5.82. The molecule has 36 heavy (non-hydrogen) atoms. The second kappa shape index (κ2) is 9.79. The molecule has 0 aromatic heterocycles. The zero-order valence-corrected chi connectivity index (χ0v) is 20.2. The molecule has 3 aromatic carbocycles. The average molecular weight is 481 g/mol. The van der Waals surface area contributed by atoms with Crippen LogP contribution < -0.4 is 4.90 Å². The first-order valence-corrected chi connectivity index (χ1v) is 12.1. The van der Waals surface area contributed by atoms with E-state index in [9.17, 15) is 14.7 Å². The smallest absolute Gasteiger partial charge is 0.409 e. The van der Waals surface area contributed by atoms with E-state index in [-0.39, 0.29) is 18.4 Å². The molecule has 5 rings (SSSR count). The van der Waals surface area contributed by atoms with Crippen molar-refractivity contribution in [2.24, 2.45) is 0 Å². The minimum atomic E-state index is -0.890. The second-order valence-corrected chi connectivity index (χ2v) is 9.27. The van der Waals surface area contributed by atoms with E-state index in [1.54, 1.807) is 11.0 Å². The minimum absolute atomic E-state index is 0.0319. The first-order valence-electron chi connectivity index (χ1n) is 12.1. The van der Waals surface area contributed by atoms with Crippen molar-refractivity contribution in [3.05, 3.63) is 88.5 Å². The van der Waals surface area contributed by atoms with Gasteiger partial charge in [0.05, 0.1) is 6.42 Å². The molecular formula is C30H28N2O4. The van der Waals surface area contributed by atoms with Crippen LogP contribution in [-0.4, -0.2) is 54.9 Å². The minimum Gasteiger partial charge on any atom is -0.481 e. The van der Waals surface area contributed by atoms with E-state index < -0.39 is 5.97 Å². The molecule has 3 aromatic rings. The molecule has 1 aliphatic carbocycles.